The van der Waals surface area contributed by atoms with Crippen LogP contribution in [0, 0.1) is 10.1 Å². The van der Waals surface area contributed by atoms with Crippen molar-refractivity contribution in [3.8, 4) is 0 Å². The molecule has 1 aliphatic rings. The van der Waals surface area contributed by atoms with Crippen LogP contribution in [0.25, 0.3) is 0 Å². The zero-order chi connectivity index (χ0) is 19.8. The van der Waals surface area contributed by atoms with Gasteiger partial charge >= 0.3 is 6.18 Å². The molecule has 0 radical (unpaired) electrons. The van der Waals surface area contributed by atoms with E-state index in [9.17, 15) is 28.1 Å². The molecule has 1 aromatic carbocycles. The van der Waals surface area contributed by atoms with Crippen LogP contribution in [0.2, 0.25) is 5.02 Å². The maximum atomic E-state index is 12.8. The normalized spacial score (nSPS) is 15.1. The molecule has 0 spiro atoms. The second kappa shape index (κ2) is 7.06. The van der Waals surface area contributed by atoms with Gasteiger partial charge in [0.15, 0.2) is 0 Å². The predicted octanol–water partition coefficient (Wildman–Crippen LogP) is 2.68. The third-order valence-corrected chi connectivity index (χ3v) is 4.60. The van der Waals surface area contributed by atoms with Crippen LogP contribution in [-0.2, 0) is 6.18 Å². The molecular formula is C15H13ClF3N5O3. The Morgan fingerprint density at radius 1 is 1.15 bits per heavy atom. The Kier molecular flexibility index (Phi) is 4.96. The van der Waals surface area contributed by atoms with Crippen molar-refractivity contribution in [1.29, 1.82) is 0 Å². The van der Waals surface area contributed by atoms with Crippen molar-refractivity contribution in [2.24, 2.45) is 0 Å². The summed E-state index contributed by atoms with van der Waals surface area (Å²) in [4.78, 5) is 25.4. The van der Waals surface area contributed by atoms with Crippen LogP contribution in [0.1, 0.15) is 5.56 Å². The number of hydrogen-bond donors (Lipinski definition) is 1. The third-order valence-electron chi connectivity index (χ3n) is 4.24. The van der Waals surface area contributed by atoms with Crippen molar-refractivity contribution in [3.63, 3.8) is 0 Å². The van der Waals surface area contributed by atoms with Crippen LogP contribution in [0.3, 0.4) is 0 Å². The largest absolute Gasteiger partial charge is 0.416 e. The monoisotopic (exact) mass is 403 g/mol. The SMILES string of the molecule is O=c1[nH]ncc(N2CCN(c3ccc(C(F)(F)F)cc3[N+](=O)[O-])CC2)c1Cl. The number of nitro groups is 1. The highest BCUT2D eigenvalue weighted by molar-refractivity contribution is 6.33. The van der Waals surface area contributed by atoms with Crippen LogP contribution in [0.15, 0.2) is 29.2 Å². The first kappa shape index (κ1) is 19.0. The smallest absolute Gasteiger partial charge is 0.365 e. The van der Waals surface area contributed by atoms with Gasteiger partial charge in [0.25, 0.3) is 11.2 Å². The third kappa shape index (κ3) is 3.82. The highest BCUT2D eigenvalue weighted by Crippen LogP contribution is 2.37. The van der Waals surface area contributed by atoms with Crippen LogP contribution < -0.4 is 15.4 Å². The van der Waals surface area contributed by atoms with Gasteiger partial charge in [-0.05, 0) is 12.1 Å². The lowest BCUT2D eigenvalue weighted by Crippen LogP contribution is -2.47. The molecule has 27 heavy (non-hydrogen) atoms. The molecule has 0 amide bonds. The number of piperazine rings is 1. The molecule has 8 nitrogen and oxygen atoms in total. The molecule has 144 valence electrons. The fourth-order valence-corrected chi connectivity index (χ4v) is 3.11. The first-order valence-electron chi connectivity index (χ1n) is 7.77. The number of anilines is 2. The van der Waals surface area contributed by atoms with Gasteiger partial charge in [-0.3, -0.25) is 14.9 Å². The number of hydrogen-bond acceptors (Lipinski definition) is 6. The van der Waals surface area contributed by atoms with Crippen molar-refractivity contribution < 1.29 is 18.1 Å². The Labute approximate surface area is 155 Å². The molecular weight excluding hydrogens is 391 g/mol. The number of H-pyrrole nitrogens is 1. The average molecular weight is 404 g/mol. The number of rotatable bonds is 3. The molecule has 1 aliphatic heterocycles. The van der Waals surface area contributed by atoms with Crippen LogP contribution in [0.5, 0.6) is 0 Å². The number of nitro benzene ring substituents is 1. The maximum absolute atomic E-state index is 12.8. The molecule has 3 rings (SSSR count). The van der Waals surface area contributed by atoms with E-state index in [4.69, 9.17) is 11.6 Å². The summed E-state index contributed by atoms with van der Waals surface area (Å²) in [5, 5.41) is 17.1. The molecule has 0 saturated carbocycles. The Hall–Kier alpha value is -2.82. The van der Waals surface area contributed by atoms with Gasteiger partial charge in [-0.1, -0.05) is 11.6 Å². The Morgan fingerprint density at radius 3 is 2.30 bits per heavy atom. The molecule has 2 aromatic rings. The summed E-state index contributed by atoms with van der Waals surface area (Å²) in [6, 6.07) is 2.48. The summed E-state index contributed by atoms with van der Waals surface area (Å²) in [6.07, 6.45) is -3.26. The lowest BCUT2D eigenvalue weighted by Gasteiger charge is -2.37. The van der Waals surface area contributed by atoms with Gasteiger partial charge < -0.3 is 9.80 Å². The van der Waals surface area contributed by atoms with Crippen LogP contribution >= 0.6 is 11.6 Å². The van der Waals surface area contributed by atoms with E-state index >= 15 is 0 Å². The lowest BCUT2D eigenvalue weighted by molar-refractivity contribution is -0.384. The van der Waals surface area contributed by atoms with Crippen molar-refractivity contribution in [2.45, 2.75) is 6.18 Å². The van der Waals surface area contributed by atoms with Gasteiger partial charge in [-0.2, -0.15) is 18.3 Å². The van der Waals surface area contributed by atoms with Crippen LogP contribution in [-0.4, -0.2) is 41.3 Å². The summed E-state index contributed by atoms with van der Waals surface area (Å²) in [6.45, 7) is 1.33. The van der Waals surface area contributed by atoms with E-state index in [-0.39, 0.29) is 10.7 Å². The number of aromatic amines is 1. The minimum atomic E-state index is -4.66. The lowest BCUT2D eigenvalue weighted by atomic mass is 10.1. The van der Waals surface area contributed by atoms with E-state index in [1.165, 1.54) is 6.20 Å². The summed E-state index contributed by atoms with van der Waals surface area (Å²) in [7, 11) is 0. The Morgan fingerprint density at radius 2 is 1.74 bits per heavy atom. The topological polar surface area (TPSA) is 95.4 Å². The van der Waals surface area contributed by atoms with Gasteiger partial charge in [0.1, 0.15) is 10.7 Å². The molecule has 1 aromatic heterocycles. The van der Waals surface area contributed by atoms with E-state index in [0.29, 0.717) is 37.9 Å². The maximum Gasteiger partial charge on any atom is 0.416 e. The average Bonchev–Trinajstić information content (AvgIpc) is 2.63. The zero-order valence-electron chi connectivity index (χ0n) is 13.7. The second-order valence-corrected chi connectivity index (χ2v) is 6.21. The highest BCUT2D eigenvalue weighted by Gasteiger charge is 2.34. The van der Waals surface area contributed by atoms with E-state index < -0.39 is 27.9 Å². The van der Waals surface area contributed by atoms with E-state index in [2.05, 4.69) is 10.2 Å². The van der Waals surface area contributed by atoms with Crippen LogP contribution in [0.4, 0.5) is 30.2 Å². The van der Waals surface area contributed by atoms with E-state index in [0.717, 1.165) is 12.1 Å². The fourth-order valence-electron chi connectivity index (χ4n) is 2.90. The predicted molar refractivity (Wildman–Crippen MR) is 92.4 cm³/mol. The first-order valence-corrected chi connectivity index (χ1v) is 8.15. The number of aromatic nitrogens is 2. The quantitative estimate of drug-likeness (QED) is 0.625. The van der Waals surface area contributed by atoms with E-state index in [1.54, 1.807) is 9.80 Å². The number of halogens is 4. The molecule has 1 N–H and O–H groups in total. The van der Waals surface area contributed by atoms with Gasteiger partial charge in [-0.15, -0.1) is 0 Å². The molecule has 0 unspecified atom stereocenters. The van der Waals surface area contributed by atoms with E-state index in [1.807, 2.05) is 0 Å². The van der Waals surface area contributed by atoms with Gasteiger partial charge in [0.2, 0.25) is 0 Å². The molecule has 1 fully saturated rings. The first-order chi connectivity index (χ1) is 12.7. The van der Waals surface area contributed by atoms with Gasteiger partial charge in [-0.25, -0.2) is 5.10 Å². The van der Waals surface area contributed by atoms with Crippen molar-refractivity contribution in [2.75, 3.05) is 36.0 Å². The standard InChI is InChI=1S/C15H13ClF3N5O3/c16-13-12(8-20-21-14(13)25)23-5-3-22(4-6-23)10-2-1-9(15(17,18)19)7-11(10)24(26)27/h1-2,7-8H,3-6H2,(H,21,25). The zero-order valence-corrected chi connectivity index (χ0v) is 14.4. The summed E-state index contributed by atoms with van der Waals surface area (Å²) < 4.78 is 38.5. The molecule has 12 heteroatoms. The Balaban J connectivity index is 1.83. The molecule has 1 saturated heterocycles. The van der Waals surface area contributed by atoms with Crippen molar-refractivity contribution in [1.82, 2.24) is 10.2 Å². The Bertz CT molecular complexity index is 926. The number of nitrogens with zero attached hydrogens (tertiary/aromatic N) is 4. The molecule has 2 heterocycles. The second-order valence-electron chi connectivity index (χ2n) is 5.83. The minimum Gasteiger partial charge on any atom is -0.365 e. The number of benzene rings is 1. The molecule has 0 bridgehead atoms. The fraction of sp³-hybridized carbons (Fsp3) is 0.333. The van der Waals surface area contributed by atoms with Gasteiger partial charge in [0.05, 0.1) is 22.4 Å². The number of alkyl halides is 3. The van der Waals surface area contributed by atoms with Crippen molar-refractivity contribution >= 4 is 28.7 Å². The summed E-state index contributed by atoms with van der Waals surface area (Å²) >= 11 is 5.97. The summed E-state index contributed by atoms with van der Waals surface area (Å²) in [5.41, 5.74) is -1.66. The molecule has 0 atom stereocenters. The molecule has 0 aliphatic carbocycles. The number of nitrogens with one attached hydrogen (secondary N) is 1. The van der Waals surface area contributed by atoms with Gasteiger partial charge in [0, 0.05) is 32.2 Å². The summed E-state index contributed by atoms with van der Waals surface area (Å²) in [5.74, 6) is 0. The minimum absolute atomic E-state index is 0.0149. The van der Waals surface area contributed by atoms with Crippen molar-refractivity contribution in [3.05, 3.63) is 55.5 Å². The highest BCUT2D eigenvalue weighted by atomic mass is 35.5.